The van der Waals surface area contributed by atoms with Gasteiger partial charge in [-0.2, -0.15) is 0 Å². The molecule has 0 aromatic carbocycles. The van der Waals surface area contributed by atoms with Crippen LogP contribution < -0.4 is 5.32 Å². The molecular weight excluding hydrogens is 268 g/mol. The van der Waals surface area contributed by atoms with Crippen LogP contribution in [0.5, 0.6) is 0 Å². The maximum Gasteiger partial charge on any atom is 0.244 e. The van der Waals surface area contributed by atoms with Crippen LogP contribution in [0.25, 0.3) is 0 Å². The molecule has 2 amide bonds. The molecule has 0 radical (unpaired) electrons. The molecule has 0 saturated heterocycles. The number of amides is 2. The van der Waals surface area contributed by atoms with E-state index in [9.17, 15) is 9.59 Å². The van der Waals surface area contributed by atoms with E-state index in [1.165, 1.54) is 12.8 Å². The molecule has 1 N–H and O–H groups in total. The Bertz CT molecular complexity index is 536. The summed E-state index contributed by atoms with van der Waals surface area (Å²) < 4.78 is 1.90. The molecule has 0 spiro atoms. The molecule has 1 saturated carbocycles. The molecule has 6 nitrogen and oxygen atoms in total. The molecule has 0 unspecified atom stereocenters. The summed E-state index contributed by atoms with van der Waals surface area (Å²) in [5.41, 5.74) is 0.928. The van der Waals surface area contributed by atoms with Gasteiger partial charge in [0, 0.05) is 19.2 Å². The summed E-state index contributed by atoms with van der Waals surface area (Å²) in [6.07, 6.45) is 7.22. The second-order valence-corrected chi connectivity index (χ2v) is 6.02. The number of fused-ring (bicyclic) bond motifs is 1. The van der Waals surface area contributed by atoms with Crippen molar-refractivity contribution in [2.45, 2.75) is 45.2 Å². The minimum Gasteiger partial charge on any atom is -0.354 e. The second kappa shape index (κ2) is 5.87. The fourth-order valence-electron chi connectivity index (χ4n) is 2.75. The standard InChI is InChI=1S/C15H22N4O2/c1-2-3-14(20)18-8-12-7-16-10-19(12)13(9-18)15(21)17-6-11-4-5-11/h7,10-11,13H,2-6,8-9H2,1H3,(H,17,21)/t13-/m0/s1. The van der Waals surface area contributed by atoms with E-state index in [1.807, 2.05) is 11.5 Å². The maximum atomic E-state index is 12.4. The topological polar surface area (TPSA) is 67.2 Å². The summed E-state index contributed by atoms with van der Waals surface area (Å²) >= 11 is 0. The monoisotopic (exact) mass is 290 g/mol. The van der Waals surface area contributed by atoms with Gasteiger partial charge >= 0.3 is 0 Å². The fourth-order valence-corrected chi connectivity index (χ4v) is 2.75. The van der Waals surface area contributed by atoms with Crippen molar-refractivity contribution in [3.8, 4) is 0 Å². The maximum absolute atomic E-state index is 12.4. The summed E-state index contributed by atoms with van der Waals surface area (Å²) in [4.78, 5) is 30.5. The molecule has 1 aromatic heterocycles. The van der Waals surface area contributed by atoms with Gasteiger partial charge in [-0.1, -0.05) is 6.92 Å². The van der Waals surface area contributed by atoms with E-state index in [0.29, 0.717) is 25.4 Å². The summed E-state index contributed by atoms with van der Waals surface area (Å²) in [7, 11) is 0. The number of hydrogen-bond donors (Lipinski definition) is 1. The Hall–Kier alpha value is -1.85. The average molecular weight is 290 g/mol. The highest BCUT2D eigenvalue weighted by Gasteiger charge is 2.32. The number of hydrogen-bond acceptors (Lipinski definition) is 3. The van der Waals surface area contributed by atoms with Crippen molar-refractivity contribution in [2.24, 2.45) is 5.92 Å². The largest absolute Gasteiger partial charge is 0.354 e. The van der Waals surface area contributed by atoms with E-state index in [1.54, 1.807) is 17.4 Å². The zero-order valence-corrected chi connectivity index (χ0v) is 12.4. The molecular formula is C15H22N4O2. The van der Waals surface area contributed by atoms with E-state index in [4.69, 9.17) is 0 Å². The van der Waals surface area contributed by atoms with Crippen LogP contribution in [0.15, 0.2) is 12.5 Å². The highest BCUT2D eigenvalue weighted by atomic mass is 16.2. The first kappa shape index (κ1) is 14.1. The predicted molar refractivity (Wildman–Crippen MR) is 77.3 cm³/mol. The number of carbonyl (C=O) groups excluding carboxylic acids is 2. The highest BCUT2D eigenvalue weighted by molar-refractivity contribution is 5.83. The van der Waals surface area contributed by atoms with Crippen LogP contribution >= 0.6 is 0 Å². The lowest BCUT2D eigenvalue weighted by molar-refractivity contribution is -0.135. The normalized spacial score (nSPS) is 21.0. The fraction of sp³-hybridized carbons (Fsp3) is 0.667. The lowest BCUT2D eigenvalue weighted by Gasteiger charge is -2.33. The molecule has 114 valence electrons. The Balaban J connectivity index is 1.71. The van der Waals surface area contributed by atoms with E-state index in [0.717, 1.165) is 18.7 Å². The minimum absolute atomic E-state index is 0.00449. The first-order valence-corrected chi connectivity index (χ1v) is 7.75. The van der Waals surface area contributed by atoms with E-state index >= 15 is 0 Å². The molecule has 1 aliphatic carbocycles. The number of aromatic nitrogens is 2. The molecule has 1 aromatic rings. The van der Waals surface area contributed by atoms with E-state index in [2.05, 4.69) is 10.3 Å². The minimum atomic E-state index is -0.351. The van der Waals surface area contributed by atoms with Crippen LogP contribution in [0.1, 0.15) is 44.3 Å². The Morgan fingerprint density at radius 1 is 1.43 bits per heavy atom. The lowest BCUT2D eigenvalue weighted by Crippen LogP contribution is -2.46. The Morgan fingerprint density at radius 2 is 2.24 bits per heavy atom. The van der Waals surface area contributed by atoms with Crippen LogP contribution in [-0.4, -0.2) is 39.4 Å². The van der Waals surface area contributed by atoms with E-state index < -0.39 is 0 Å². The Kier molecular flexibility index (Phi) is 3.94. The third kappa shape index (κ3) is 3.09. The van der Waals surface area contributed by atoms with Crippen molar-refractivity contribution in [2.75, 3.05) is 13.1 Å². The van der Waals surface area contributed by atoms with Gasteiger partial charge in [-0.05, 0) is 25.2 Å². The quantitative estimate of drug-likeness (QED) is 0.883. The first-order valence-electron chi connectivity index (χ1n) is 7.75. The third-order valence-corrected chi connectivity index (χ3v) is 4.21. The molecule has 2 heterocycles. The summed E-state index contributed by atoms with van der Waals surface area (Å²) in [5, 5.41) is 3.01. The summed E-state index contributed by atoms with van der Waals surface area (Å²) in [5.74, 6) is 0.762. The van der Waals surface area contributed by atoms with Crippen LogP contribution in [0.2, 0.25) is 0 Å². The summed E-state index contributed by atoms with van der Waals surface area (Å²) in [6, 6.07) is -0.351. The van der Waals surface area contributed by atoms with Crippen molar-refractivity contribution >= 4 is 11.8 Å². The molecule has 1 aliphatic heterocycles. The number of nitrogens with zero attached hydrogens (tertiary/aromatic N) is 3. The van der Waals surface area contributed by atoms with Gasteiger partial charge in [0.05, 0.1) is 25.1 Å². The highest BCUT2D eigenvalue weighted by Crippen LogP contribution is 2.28. The smallest absolute Gasteiger partial charge is 0.244 e. The van der Waals surface area contributed by atoms with Gasteiger partial charge in [0.25, 0.3) is 0 Å². The van der Waals surface area contributed by atoms with Crippen LogP contribution in [0.4, 0.5) is 0 Å². The predicted octanol–water partition coefficient (Wildman–Crippen LogP) is 1.09. The number of imidazole rings is 1. The van der Waals surface area contributed by atoms with Gasteiger partial charge < -0.3 is 14.8 Å². The molecule has 0 bridgehead atoms. The molecule has 1 atom stereocenters. The zero-order valence-electron chi connectivity index (χ0n) is 12.4. The van der Waals surface area contributed by atoms with Gasteiger partial charge in [0.1, 0.15) is 6.04 Å². The van der Waals surface area contributed by atoms with Crippen molar-refractivity contribution in [3.63, 3.8) is 0 Å². The zero-order chi connectivity index (χ0) is 14.8. The molecule has 3 rings (SSSR count). The SMILES string of the molecule is CCCC(=O)N1Cc2cncn2[C@H](C(=O)NCC2CC2)C1. The van der Waals surface area contributed by atoms with Crippen molar-refractivity contribution in [1.29, 1.82) is 0 Å². The first-order chi connectivity index (χ1) is 10.2. The van der Waals surface area contributed by atoms with Gasteiger partial charge in [-0.25, -0.2) is 4.98 Å². The van der Waals surface area contributed by atoms with Crippen LogP contribution in [0, 0.1) is 5.92 Å². The Labute approximate surface area is 124 Å². The number of carbonyl (C=O) groups is 2. The second-order valence-electron chi connectivity index (χ2n) is 6.02. The van der Waals surface area contributed by atoms with Gasteiger partial charge in [0.2, 0.25) is 11.8 Å². The average Bonchev–Trinajstić information content (AvgIpc) is 3.19. The molecule has 21 heavy (non-hydrogen) atoms. The van der Waals surface area contributed by atoms with Crippen molar-refractivity contribution in [3.05, 3.63) is 18.2 Å². The lowest BCUT2D eigenvalue weighted by atomic mass is 10.1. The third-order valence-electron chi connectivity index (χ3n) is 4.21. The Morgan fingerprint density at radius 3 is 2.95 bits per heavy atom. The summed E-state index contributed by atoms with van der Waals surface area (Å²) in [6.45, 7) is 3.73. The van der Waals surface area contributed by atoms with Gasteiger partial charge in [-0.3, -0.25) is 9.59 Å². The molecule has 6 heteroatoms. The molecule has 1 fully saturated rings. The van der Waals surface area contributed by atoms with Crippen molar-refractivity contribution in [1.82, 2.24) is 19.8 Å². The number of rotatable bonds is 5. The van der Waals surface area contributed by atoms with Crippen LogP contribution in [0.3, 0.4) is 0 Å². The molecule has 2 aliphatic rings. The van der Waals surface area contributed by atoms with Gasteiger partial charge in [0.15, 0.2) is 0 Å². The van der Waals surface area contributed by atoms with Crippen molar-refractivity contribution < 1.29 is 9.59 Å². The number of nitrogens with one attached hydrogen (secondary N) is 1. The van der Waals surface area contributed by atoms with Crippen LogP contribution in [-0.2, 0) is 16.1 Å². The van der Waals surface area contributed by atoms with Gasteiger partial charge in [-0.15, -0.1) is 0 Å². The van der Waals surface area contributed by atoms with E-state index in [-0.39, 0.29) is 17.9 Å².